The summed E-state index contributed by atoms with van der Waals surface area (Å²) in [5.41, 5.74) is 1.91. The van der Waals surface area contributed by atoms with Gasteiger partial charge in [0.15, 0.2) is 0 Å². The van der Waals surface area contributed by atoms with E-state index >= 15 is 0 Å². The summed E-state index contributed by atoms with van der Waals surface area (Å²) in [6.45, 7) is 2.88. The first-order chi connectivity index (χ1) is 13.2. The van der Waals surface area contributed by atoms with Crippen LogP contribution >= 0.6 is 0 Å². The van der Waals surface area contributed by atoms with Gasteiger partial charge in [0, 0.05) is 26.1 Å². The number of rotatable bonds is 5. The van der Waals surface area contributed by atoms with Gasteiger partial charge < -0.3 is 19.5 Å². The smallest absolute Gasteiger partial charge is 0.229 e. The van der Waals surface area contributed by atoms with Gasteiger partial charge in [0.25, 0.3) is 0 Å². The van der Waals surface area contributed by atoms with E-state index in [9.17, 15) is 9.59 Å². The predicted octanol–water partition coefficient (Wildman–Crippen LogP) is 3.26. The molecule has 6 nitrogen and oxygen atoms in total. The van der Waals surface area contributed by atoms with E-state index in [4.69, 9.17) is 4.42 Å². The van der Waals surface area contributed by atoms with Gasteiger partial charge in [0.1, 0.15) is 5.76 Å². The maximum Gasteiger partial charge on any atom is 0.229 e. The lowest BCUT2D eigenvalue weighted by Crippen LogP contribution is -2.31. The second-order valence-electron chi connectivity index (χ2n) is 7.31. The van der Waals surface area contributed by atoms with Crippen LogP contribution in [0.25, 0.3) is 0 Å². The van der Waals surface area contributed by atoms with Crippen molar-refractivity contribution in [2.24, 2.45) is 5.92 Å². The number of nitrogens with one attached hydrogen (secondary N) is 1. The molecule has 1 aromatic heterocycles. The normalized spacial score (nSPS) is 20.1. The molecule has 2 saturated heterocycles. The first kappa shape index (κ1) is 17.6. The zero-order valence-corrected chi connectivity index (χ0v) is 15.4. The Labute approximate surface area is 159 Å². The number of furan rings is 1. The van der Waals surface area contributed by atoms with Crippen LogP contribution in [-0.2, 0) is 16.1 Å². The maximum absolute atomic E-state index is 12.8. The number of likely N-dealkylation sites (tertiary alicyclic amines) is 1. The van der Waals surface area contributed by atoms with Gasteiger partial charge in [-0.2, -0.15) is 0 Å². The van der Waals surface area contributed by atoms with Crippen LogP contribution in [0.4, 0.5) is 11.4 Å². The van der Waals surface area contributed by atoms with Crippen LogP contribution in [0.15, 0.2) is 47.1 Å². The van der Waals surface area contributed by atoms with E-state index in [0.717, 1.165) is 30.2 Å². The van der Waals surface area contributed by atoms with E-state index in [1.54, 1.807) is 17.2 Å². The van der Waals surface area contributed by atoms with Gasteiger partial charge in [-0.15, -0.1) is 0 Å². The SMILES string of the molecule is O=C(Nc1ccccc1N1CCCCC1)C1CC(=O)N(Cc2ccco2)C1. The number of hydrogen-bond donors (Lipinski definition) is 1. The molecule has 0 saturated carbocycles. The van der Waals surface area contributed by atoms with E-state index in [2.05, 4.69) is 16.3 Å². The minimum absolute atomic E-state index is 0.00383. The molecule has 0 bridgehead atoms. The highest BCUT2D eigenvalue weighted by molar-refractivity contribution is 5.99. The monoisotopic (exact) mass is 367 g/mol. The third-order valence-electron chi connectivity index (χ3n) is 5.37. The largest absolute Gasteiger partial charge is 0.467 e. The predicted molar refractivity (Wildman–Crippen MR) is 103 cm³/mol. The summed E-state index contributed by atoms with van der Waals surface area (Å²) in [5.74, 6) is 0.312. The summed E-state index contributed by atoms with van der Waals surface area (Å²) in [7, 11) is 0. The van der Waals surface area contributed by atoms with Crippen molar-refractivity contribution in [1.29, 1.82) is 0 Å². The quantitative estimate of drug-likeness (QED) is 0.881. The van der Waals surface area contributed by atoms with Crippen molar-refractivity contribution < 1.29 is 14.0 Å². The van der Waals surface area contributed by atoms with E-state index in [1.165, 1.54) is 19.3 Å². The lowest BCUT2D eigenvalue weighted by Gasteiger charge is -2.30. The Morgan fingerprint density at radius 2 is 1.93 bits per heavy atom. The average molecular weight is 367 g/mol. The lowest BCUT2D eigenvalue weighted by atomic mass is 10.1. The average Bonchev–Trinajstić information content (AvgIpc) is 3.33. The number of anilines is 2. The molecular formula is C21H25N3O3. The first-order valence-corrected chi connectivity index (χ1v) is 9.66. The fourth-order valence-corrected chi connectivity index (χ4v) is 3.92. The van der Waals surface area contributed by atoms with Gasteiger partial charge in [-0.05, 0) is 43.5 Å². The molecular weight excluding hydrogens is 342 g/mol. The number of para-hydroxylation sites is 2. The third-order valence-corrected chi connectivity index (χ3v) is 5.37. The maximum atomic E-state index is 12.8. The Balaban J connectivity index is 1.41. The zero-order valence-electron chi connectivity index (χ0n) is 15.4. The van der Waals surface area contributed by atoms with Crippen LogP contribution in [0, 0.1) is 5.92 Å². The highest BCUT2D eigenvalue weighted by Crippen LogP contribution is 2.29. The number of piperidine rings is 1. The second kappa shape index (κ2) is 7.86. The first-order valence-electron chi connectivity index (χ1n) is 9.66. The lowest BCUT2D eigenvalue weighted by molar-refractivity contribution is -0.128. The number of benzene rings is 1. The topological polar surface area (TPSA) is 65.8 Å². The van der Waals surface area contributed by atoms with Crippen molar-refractivity contribution in [3.8, 4) is 0 Å². The summed E-state index contributed by atoms with van der Waals surface area (Å²) < 4.78 is 5.32. The van der Waals surface area contributed by atoms with Crippen LogP contribution in [0.3, 0.4) is 0 Å². The second-order valence-corrected chi connectivity index (χ2v) is 7.31. The van der Waals surface area contributed by atoms with Crippen LogP contribution < -0.4 is 10.2 Å². The van der Waals surface area contributed by atoms with Gasteiger partial charge >= 0.3 is 0 Å². The third kappa shape index (κ3) is 3.99. The molecule has 2 aliphatic rings. The van der Waals surface area contributed by atoms with E-state index in [0.29, 0.717) is 13.1 Å². The molecule has 0 aliphatic carbocycles. The van der Waals surface area contributed by atoms with Crippen molar-refractivity contribution in [1.82, 2.24) is 4.90 Å². The van der Waals surface area contributed by atoms with E-state index < -0.39 is 0 Å². The van der Waals surface area contributed by atoms with Crippen LogP contribution in [0.2, 0.25) is 0 Å². The molecule has 4 rings (SSSR count). The van der Waals surface area contributed by atoms with Crippen LogP contribution in [0.5, 0.6) is 0 Å². The van der Waals surface area contributed by atoms with Crippen molar-refractivity contribution in [2.45, 2.75) is 32.2 Å². The molecule has 1 N–H and O–H groups in total. The molecule has 6 heteroatoms. The Morgan fingerprint density at radius 1 is 1.11 bits per heavy atom. The molecule has 2 fully saturated rings. The Kier molecular flexibility index (Phi) is 5.14. The van der Waals surface area contributed by atoms with Gasteiger partial charge in [-0.3, -0.25) is 9.59 Å². The van der Waals surface area contributed by atoms with Gasteiger partial charge in [-0.1, -0.05) is 12.1 Å². The van der Waals surface area contributed by atoms with Gasteiger partial charge in [0.05, 0.1) is 30.1 Å². The molecule has 27 heavy (non-hydrogen) atoms. The molecule has 142 valence electrons. The Hall–Kier alpha value is -2.76. The number of nitrogens with zero attached hydrogens (tertiary/aromatic N) is 2. The molecule has 1 unspecified atom stereocenters. The summed E-state index contributed by atoms with van der Waals surface area (Å²) in [6.07, 6.45) is 5.47. The molecule has 0 radical (unpaired) electrons. The summed E-state index contributed by atoms with van der Waals surface area (Å²) >= 11 is 0. The molecule has 2 aromatic rings. The minimum Gasteiger partial charge on any atom is -0.467 e. The van der Waals surface area contributed by atoms with Gasteiger partial charge in [-0.25, -0.2) is 0 Å². The standard InChI is InChI=1S/C21H25N3O3/c25-20-13-16(14-24(20)15-17-7-6-12-27-17)21(26)22-18-8-2-3-9-19(18)23-10-4-1-5-11-23/h2-3,6-9,12,16H,1,4-5,10-11,13-15H2,(H,22,26). The summed E-state index contributed by atoms with van der Waals surface area (Å²) in [6, 6.07) is 11.6. The van der Waals surface area contributed by atoms with Crippen molar-refractivity contribution in [2.75, 3.05) is 29.9 Å². The molecule has 2 aliphatic heterocycles. The van der Waals surface area contributed by atoms with Crippen molar-refractivity contribution >= 4 is 23.2 Å². The molecule has 3 heterocycles. The summed E-state index contributed by atoms with van der Waals surface area (Å²) in [4.78, 5) is 29.1. The highest BCUT2D eigenvalue weighted by Gasteiger charge is 2.35. The molecule has 1 aromatic carbocycles. The van der Waals surface area contributed by atoms with Crippen LogP contribution in [-0.4, -0.2) is 36.3 Å². The van der Waals surface area contributed by atoms with Gasteiger partial charge in [0.2, 0.25) is 11.8 Å². The van der Waals surface area contributed by atoms with E-state index in [-0.39, 0.29) is 24.2 Å². The highest BCUT2D eigenvalue weighted by atomic mass is 16.3. The van der Waals surface area contributed by atoms with Crippen molar-refractivity contribution in [3.05, 3.63) is 48.4 Å². The Bertz CT molecular complexity index is 797. The molecule has 0 spiro atoms. The van der Waals surface area contributed by atoms with Crippen molar-refractivity contribution in [3.63, 3.8) is 0 Å². The fraction of sp³-hybridized carbons (Fsp3) is 0.429. The number of carbonyl (C=O) groups excluding carboxylic acids is 2. The summed E-state index contributed by atoms with van der Waals surface area (Å²) in [5, 5.41) is 3.07. The molecule has 2 amide bonds. The van der Waals surface area contributed by atoms with Crippen LogP contribution in [0.1, 0.15) is 31.4 Å². The number of carbonyl (C=O) groups is 2. The Morgan fingerprint density at radius 3 is 2.70 bits per heavy atom. The van der Waals surface area contributed by atoms with E-state index in [1.807, 2.05) is 24.3 Å². The fourth-order valence-electron chi connectivity index (χ4n) is 3.92. The number of hydrogen-bond acceptors (Lipinski definition) is 4. The zero-order chi connectivity index (χ0) is 18.6. The molecule has 1 atom stereocenters. The number of amides is 2. The minimum atomic E-state index is -0.332.